The monoisotopic (exact) mass is 313 g/mol. The van der Waals surface area contributed by atoms with Crippen molar-refractivity contribution in [2.75, 3.05) is 18.1 Å². The first-order valence-electron chi connectivity index (χ1n) is 6.96. The molecule has 1 aliphatic rings. The Morgan fingerprint density at radius 1 is 1.18 bits per heavy atom. The van der Waals surface area contributed by atoms with Gasteiger partial charge in [0, 0.05) is 10.1 Å². The minimum atomic E-state index is -0.296. The van der Waals surface area contributed by atoms with Crippen LogP contribution < -0.4 is 9.64 Å². The first-order chi connectivity index (χ1) is 10.7. The molecule has 0 unspecified atom stereocenters. The van der Waals surface area contributed by atoms with Gasteiger partial charge in [-0.1, -0.05) is 18.2 Å². The van der Waals surface area contributed by atoms with Crippen LogP contribution in [-0.4, -0.2) is 19.1 Å². The third-order valence-corrected chi connectivity index (χ3v) is 4.78. The standard InChI is InChI=1S/C17H12FNO2S/c18-12-4-3-7-15-11(12)10-16(22-15)17(20)19-8-9-21-14-6-2-1-5-13(14)19/h1-7,10H,8-9H2. The van der Waals surface area contributed by atoms with Gasteiger partial charge in [-0.3, -0.25) is 4.79 Å². The maximum absolute atomic E-state index is 13.8. The molecule has 0 radical (unpaired) electrons. The van der Waals surface area contributed by atoms with Gasteiger partial charge in [-0.05, 0) is 30.3 Å². The van der Waals surface area contributed by atoms with Gasteiger partial charge >= 0.3 is 0 Å². The van der Waals surface area contributed by atoms with Gasteiger partial charge in [-0.15, -0.1) is 11.3 Å². The van der Waals surface area contributed by atoms with E-state index in [9.17, 15) is 9.18 Å². The maximum atomic E-state index is 13.8. The molecule has 0 fully saturated rings. The number of anilines is 1. The highest BCUT2D eigenvalue weighted by atomic mass is 32.1. The van der Waals surface area contributed by atoms with E-state index in [1.807, 2.05) is 30.3 Å². The fraction of sp³-hybridized carbons (Fsp3) is 0.118. The summed E-state index contributed by atoms with van der Waals surface area (Å²) in [7, 11) is 0. The van der Waals surface area contributed by atoms with Crippen LogP contribution in [0.3, 0.4) is 0 Å². The zero-order chi connectivity index (χ0) is 15.1. The lowest BCUT2D eigenvalue weighted by Gasteiger charge is -2.29. The van der Waals surface area contributed by atoms with Crippen LogP contribution in [-0.2, 0) is 0 Å². The molecule has 110 valence electrons. The van der Waals surface area contributed by atoms with Crippen LogP contribution in [0, 0.1) is 5.82 Å². The van der Waals surface area contributed by atoms with Gasteiger partial charge in [0.25, 0.3) is 5.91 Å². The lowest BCUT2D eigenvalue weighted by Crippen LogP contribution is -2.37. The highest BCUT2D eigenvalue weighted by molar-refractivity contribution is 7.20. The molecular weight excluding hydrogens is 301 g/mol. The second kappa shape index (κ2) is 5.10. The first-order valence-corrected chi connectivity index (χ1v) is 7.77. The molecule has 2 heterocycles. The van der Waals surface area contributed by atoms with Gasteiger partial charge in [0.05, 0.1) is 17.1 Å². The molecule has 1 aliphatic heterocycles. The molecule has 0 bridgehead atoms. The number of ether oxygens (including phenoxy) is 1. The van der Waals surface area contributed by atoms with Gasteiger partial charge in [0.2, 0.25) is 0 Å². The fourth-order valence-corrected chi connectivity index (χ4v) is 3.67. The minimum absolute atomic E-state index is 0.114. The van der Waals surface area contributed by atoms with Crippen molar-refractivity contribution in [3.8, 4) is 5.75 Å². The largest absolute Gasteiger partial charge is 0.490 e. The van der Waals surface area contributed by atoms with E-state index in [-0.39, 0.29) is 11.7 Å². The minimum Gasteiger partial charge on any atom is -0.490 e. The molecule has 0 saturated heterocycles. The Bertz CT molecular complexity index is 874. The quantitative estimate of drug-likeness (QED) is 0.677. The third kappa shape index (κ3) is 2.05. The van der Waals surface area contributed by atoms with Crippen molar-refractivity contribution in [1.82, 2.24) is 0 Å². The number of amides is 1. The van der Waals surface area contributed by atoms with Crippen molar-refractivity contribution in [3.05, 3.63) is 59.2 Å². The van der Waals surface area contributed by atoms with Crippen molar-refractivity contribution < 1.29 is 13.9 Å². The second-order valence-corrected chi connectivity index (χ2v) is 6.12. The van der Waals surface area contributed by atoms with Crippen molar-refractivity contribution in [3.63, 3.8) is 0 Å². The molecule has 1 aromatic heterocycles. The Morgan fingerprint density at radius 2 is 2.05 bits per heavy atom. The van der Waals surface area contributed by atoms with Crippen molar-refractivity contribution >= 4 is 33.0 Å². The van der Waals surface area contributed by atoms with E-state index in [0.717, 1.165) is 10.4 Å². The van der Waals surface area contributed by atoms with Crippen molar-refractivity contribution in [1.29, 1.82) is 0 Å². The van der Waals surface area contributed by atoms with Crippen LogP contribution in [0.1, 0.15) is 9.67 Å². The number of halogens is 1. The van der Waals surface area contributed by atoms with Gasteiger partial charge in [-0.25, -0.2) is 4.39 Å². The van der Waals surface area contributed by atoms with E-state index in [2.05, 4.69) is 0 Å². The molecule has 0 N–H and O–H groups in total. The molecule has 2 aromatic carbocycles. The Kier molecular flexibility index (Phi) is 3.08. The van der Waals surface area contributed by atoms with Gasteiger partial charge < -0.3 is 9.64 Å². The number of rotatable bonds is 1. The number of thiophene rings is 1. The van der Waals surface area contributed by atoms with Crippen LogP contribution in [0.2, 0.25) is 0 Å². The summed E-state index contributed by atoms with van der Waals surface area (Å²) < 4.78 is 20.2. The molecule has 3 aromatic rings. The smallest absolute Gasteiger partial charge is 0.268 e. The lowest BCUT2D eigenvalue weighted by atomic mass is 10.2. The normalized spacial score (nSPS) is 13.8. The molecule has 22 heavy (non-hydrogen) atoms. The number of para-hydroxylation sites is 2. The average Bonchev–Trinajstić information content (AvgIpc) is 2.99. The van der Waals surface area contributed by atoms with Crippen molar-refractivity contribution in [2.45, 2.75) is 0 Å². The fourth-order valence-electron chi connectivity index (χ4n) is 2.64. The Balaban J connectivity index is 1.77. The predicted octanol–water partition coefficient (Wildman–Crippen LogP) is 4.08. The highest BCUT2D eigenvalue weighted by Crippen LogP contribution is 2.34. The maximum Gasteiger partial charge on any atom is 0.268 e. The summed E-state index contributed by atoms with van der Waals surface area (Å²) in [5, 5.41) is 0.498. The summed E-state index contributed by atoms with van der Waals surface area (Å²) in [6, 6.07) is 14.0. The van der Waals surface area contributed by atoms with E-state index >= 15 is 0 Å². The Morgan fingerprint density at radius 3 is 2.91 bits per heavy atom. The molecule has 0 atom stereocenters. The molecule has 4 rings (SSSR count). The summed E-state index contributed by atoms with van der Waals surface area (Å²) in [6.07, 6.45) is 0. The van der Waals surface area contributed by atoms with E-state index in [4.69, 9.17) is 4.74 Å². The highest BCUT2D eigenvalue weighted by Gasteiger charge is 2.25. The van der Waals surface area contributed by atoms with Crippen LogP contribution in [0.4, 0.5) is 10.1 Å². The second-order valence-electron chi connectivity index (χ2n) is 5.04. The number of hydrogen-bond acceptors (Lipinski definition) is 3. The van der Waals surface area contributed by atoms with Crippen LogP contribution in [0.25, 0.3) is 10.1 Å². The Hall–Kier alpha value is -2.40. The average molecular weight is 313 g/mol. The predicted molar refractivity (Wildman–Crippen MR) is 85.4 cm³/mol. The SMILES string of the molecule is O=C(c1cc2c(F)cccc2s1)N1CCOc2ccccc21. The number of nitrogens with zero attached hydrogens (tertiary/aromatic N) is 1. The van der Waals surface area contributed by atoms with Gasteiger partial charge in [0.15, 0.2) is 0 Å². The zero-order valence-corrected chi connectivity index (χ0v) is 12.4. The zero-order valence-electron chi connectivity index (χ0n) is 11.6. The lowest BCUT2D eigenvalue weighted by molar-refractivity contribution is 0.0980. The molecule has 0 spiro atoms. The summed E-state index contributed by atoms with van der Waals surface area (Å²) >= 11 is 1.32. The first kappa shape index (κ1) is 13.3. The van der Waals surface area contributed by atoms with Crippen molar-refractivity contribution in [2.24, 2.45) is 0 Å². The molecule has 5 heteroatoms. The number of fused-ring (bicyclic) bond motifs is 2. The Labute approximate surface area is 130 Å². The number of carbonyl (C=O) groups excluding carboxylic acids is 1. The summed E-state index contributed by atoms with van der Waals surface area (Å²) in [5.74, 6) is 0.293. The van der Waals surface area contributed by atoms with E-state index in [0.29, 0.717) is 29.2 Å². The third-order valence-electron chi connectivity index (χ3n) is 3.69. The molecule has 0 saturated carbocycles. The van der Waals surface area contributed by atoms with Gasteiger partial charge in [0.1, 0.15) is 18.2 Å². The molecule has 0 aliphatic carbocycles. The van der Waals surface area contributed by atoms with E-state index in [1.165, 1.54) is 17.4 Å². The number of carbonyl (C=O) groups is 1. The van der Waals surface area contributed by atoms with Crippen LogP contribution >= 0.6 is 11.3 Å². The molecule has 3 nitrogen and oxygen atoms in total. The van der Waals surface area contributed by atoms with Gasteiger partial charge in [-0.2, -0.15) is 0 Å². The molecule has 1 amide bonds. The van der Waals surface area contributed by atoms with E-state index < -0.39 is 0 Å². The number of hydrogen-bond donors (Lipinski definition) is 0. The summed E-state index contributed by atoms with van der Waals surface area (Å²) in [5.41, 5.74) is 0.761. The van der Waals surface area contributed by atoms with Crippen LogP contribution in [0.15, 0.2) is 48.5 Å². The van der Waals surface area contributed by atoms with Crippen LogP contribution in [0.5, 0.6) is 5.75 Å². The topological polar surface area (TPSA) is 29.5 Å². The summed E-state index contributed by atoms with van der Waals surface area (Å²) in [6.45, 7) is 0.953. The summed E-state index contributed by atoms with van der Waals surface area (Å²) in [4.78, 5) is 15.0. The van der Waals surface area contributed by atoms with E-state index in [1.54, 1.807) is 17.0 Å². The molecular formula is C17H12FNO2S. The number of benzene rings is 2.